The van der Waals surface area contributed by atoms with Gasteiger partial charge in [0.25, 0.3) is 15.9 Å². The molecule has 0 aliphatic carbocycles. The number of nitrogens with one attached hydrogen (secondary N) is 1. The van der Waals surface area contributed by atoms with E-state index in [-0.39, 0.29) is 15.6 Å². The fourth-order valence-corrected chi connectivity index (χ4v) is 3.38. The highest BCUT2D eigenvalue weighted by Crippen LogP contribution is 2.20. The lowest BCUT2D eigenvalue weighted by molar-refractivity contribution is 0.0838. The molecule has 0 heterocycles. The van der Waals surface area contributed by atoms with Crippen molar-refractivity contribution in [3.63, 3.8) is 0 Å². The average molecular weight is 379 g/mol. The second-order valence-corrected chi connectivity index (χ2v) is 7.05. The van der Waals surface area contributed by atoms with Crippen LogP contribution in [0.3, 0.4) is 0 Å². The molecule has 0 saturated heterocycles. The number of thiocarbonyl (C=S) groups is 1. The Kier molecular flexibility index (Phi) is 5.94. The predicted molar refractivity (Wildman–Crippen MR) is 97.3 cm³/mol. The van der Waals surface area contributed by atoms with Crippen molar-refractivity contribution >= 4 is 33.3 Å². The number of hydrogen-bond acceptors (Lipinski definition) is 5. The normalized spacial score (nSPS) is 10.8. The van der Waals surface area contributed by atoms with Gasteiger partial charge in [-0.3, -0.25) is 10.2 Å². The summed E-state index contributed by atoms with van der Waals surface area (Å²) in [4.78, 5) is 12.5. The molecule has 132 valence electrons. The zero-order chi connectivity index (χ0) is 18.4. The third kappa shape index (κ3) is 4.46. The van der Waals surface area contributed by atoms with E-state index in [9.17, 15) is 13.2 Å². The van der Waals surface area contributed by atoms with Crippen molar-refractivity contribution in [2.75, 3.05) is 6.61 Å². The zero-order valence-electron chi connectivity index (χ0n) is 13.4. The van der Waals surface area contributed by atoms with E-state index in [2.05, 4.69) is 5.43 Å². The van der Waals surface area contributed by atoms with E-state index < -0.39 is 15.9 Å². The predicted octanol–water partition coefficient (Wildman–Crippen LogP) is 1.66. The lowest BCUT2D eigenvalue weighted by Crippen LogP contribution is -2.51. The van der Waals surface area contributed by atoms with Crippen LogP contribution in [0.1, 0.15) is 17.3 Å². The lowest BCUT2D eigenvalue weighted by atomic mass is 10.2. The Morgan fingerprint density at radius 1 is 1.16 bits per heavy atom. The van der Waals surface area contributed by atoms with Crippen LogP contribution in [0.2, 0.25) is 0 Å². The summed E-state index contributed by atoms with van der Waals surface area (Å²) in [6.07, 6.45) is 0. The number of nitrogens with two attached hydrogens (primary N) is 1. The van der Waals surface area contributed by atoms with Crippen molar-refractivity contribution in [3.05, 3.63) is 60.2 Å². The van der Waals surface area contributed by atoms with Crippen LogP contribution in [0.25, 0.3) is 0 Å². The molecule has 0 unspecified atom stereocenters. The maximum atomic E-state index is 12.8. The maximum absolute atomic E-state index is 12.8. The highest BCUT2D eigenvalue weighted by Gasteiger charge is 2.31. The minimum atomic E-state index is -4.23. The van der Waals surface area contributed by atoms with E-state index in [1.807, 2.05) is 6.92 Å². The Morgan fingerprint density at radius 2 is 1.76 bits per heavy atom. The van der Waals surface area contributed by atoms with Gasteiger partial charge in [0.1, 0.15) is 5.75 Å². The number of rotatable bonds is 5. The molecule has 0 bridgehead atoms. The van der Waals surface area contributed by atoms with Gasteiger partial charge in [0, 0.05) is 5.56 Å². The van der Waals surface area contributed by atoms with E-state index in [4.69, 9.17) is 22.7 Å². The molecule has 9 heteroatoms. The van der Waals surface area contributed by atoms with Crippen molar-refractivity contribution in [1.29, 1.82) is 0 Å². The molecule has 0 aromatic heterocycles. The van der Waals surface area contributed by atoms with Gasteiger partial charge in [0.05, 0.1) is 11.5 Å². The second-order valence-electron chi connectivity index (χ2n) is 4.82. The van der Waals surface area contributed by atoms with Crippen LogP contribution in [0.15, 0.2) is 59.5 Å². The number of carbonyl (C=O) groups excluding carboxylic acids is 1. The van der Waals surface area contributed by atoms with E-state index in [0.29, 0.717) is 16.8 Å². The average Bonchev–Trinajstić information content (AvgIpc) is 2.60. The fourth-order valence-electron chi connectivity index (χ4n) is 2.00. The molecule has 7 nitrogen and oxygen atoms in total. The van der Waals surface area contributed by atoms with Crippen molar-refractivity contribution in [3.8, 4) is 5.75 Å². The van der Waals surface area contributed by atoms with Gasteiger partial charge in [-0.15, -0.1) is 4.41 Å². The third-order valence-electron chi connectivity index (χ3n) is 3.09. The summed E-state index contributed by atoms with van der Waals surface area (Å²) in [6.45, 7) is 2.27. The summed E-state index contributed by atoms with van der Waals surface area (Å²) in [5.74, 6) is -0.285. The van der Waals surface area contributed by atoms with Gasteiger partial charge in [-0.25, -0.2) is 0 Å². The monoisotopic (exact) mass is 379 g/mol. The minimum Gasteiger partial charge on any atom is -0.494 e. The van der Waals surface area contributed by atoms with Gasteiger partial charge in [0.15, 0.2) is 5.11 Å². The largest absolute Gasteiger partial charge is 0.494 e. The summed E-state index contributed by atoms with van der Waals surface area (Å²) in [5.41, 5.74) is 7.79. The SMILES string of the molecule is CCOc1ccc(S(=O)(=O)N(NC(N)=S)C(=O)c2ccccc2)cc1. The fraction of sp³-hybridized carbons (Fsp3) is 0.125. The van der Waals surface area contributed by atoms with Crippen molar-refractivity contribution in [2.45, 2.75) is 11.8 Å². The molecule has 25 heavy (non-hydrogen) atoms. The van der Waals surface area contributed by atoms with Gasteiger partial charge in [0.2, 0.25) is 0 Å². The first-order valence-electron chi connectivity index (χ1n) is 7.30. The van der Waals surface area contributed by atoms with Crippen molar-refractivity contribution < 1.29 is 17.9 Å². The minimum absolute atomic E-state index is 0.107. The highest BCUT2D eigenvalue weighted by molar-refractivity contribution is 7.89. The molecule has 0 spiro atoms. The third-order valence-corrected chi connectivity index (χ3v) is 4.79. The van der Waals surface area contributed by atoms with Crippen LogP contribution in [-0.2, 0) is 10.0 Å². The molecule has 0 fully saturated rings. The van der Waals surface area contributed by atoms with E-state index >= 15 is 0 Å². The molecule has 0 aliphatic rings. The first kappa shape index (κ1) is 18.7. The maximum Gasteiger partial charge on any atom is 0.286 e. The molecule has 0 radical (unpaired) electrons. The zero-order valence-corrected chi connectivity index (χ0v) is 15.0. The molecule has 2 aromatic rings. The summed E-state index contributed by atoms with van der Waals surface area (Å²) >= 11 is 4.70. The van der Waals surface area contributed by atoms with Gasteiger partial charge in [-0.2, -0.15) is 8.42 Å². The van der Waals surface area contributed by atoms with Crippen LogP contribution in [0.4, 0.5) is 0 Å². The summed E-state index contributed by atoms with van der Waals surface area (Å²) < 4.78 is 31.4. The number of hydrazine groups is 1. The Hall–Kier alpha value is -2.65. The Labute approximate surface area is 151 Å². The van der Waals surface area contributed by atoms with E-state index in [1.165, 1.54) is 36.4 Å². The van der Waals surface area contributed by atoms with Crippen LogP contribution in [0, 0.1) is 0 Å². The molecule has 0 aliphatic heterocycles. The highest BCUT2D eigenvalue weighted by atomic mass is 32.2. The quantitative estimate of drug-likeness (QED) is 0.602. The van der Waals surface area contributed by atoms with Gasteiger partial charge < -0.3 is 10.5 Å². The number of sulfonamides is 1. The van der Waals surface area contributed by atoms with Crippen molar-refractivity contribution in [2.24, 2.45) is 5.73 Å². The second kappa shape index (κ2) is 7.95. The van der Waals surface area contributed by atoms with Crippen LogP contribution >= 0.6 is 12.2 Å². The topological polar surface area (TPSA) is 102 Å². The number of carbonyl (C=O) groups is 1. The Balaban J connectivity index is 2.41. The Morgan fingerprint density at radius 3 is 2.28 bits per heavy atom. The smallest absolute Gasteiger partial charge is 0.286 e. The summed E-state index contributed by atoms with van der Waals surface area (Å²) in [5, 5.41) is -0.348. The van der Waals surface area contributed by atoms with E-state index in [0.717, 1.165) is 0 Å². The number of nitrogens with zero attached hydrogens (tertiary/aromatic N) is 1. The van der Waals surface area contributed by atoms with E-state index in [1.54, 1.807) is 18.2 Å². The number of benzene rings is 2. The van der Waals surface area contributed by atoms with Crippen LogP contribution < -0.4 is 15.9 Å². The molecule has 1 amide bonds. The standard InChI is InChI=1S/C16H17N3O4S2/c1-2-23-13-8-10-14(11-9-13)25(21,22)19(18-16(17)24)15(20)12-6-4-3-5-7-12/h3-11H,2H2,1H3,(H3,17,18,24). The van der Waals surface area contributed by atoms with Crippen LogP contribution in [0.5, 0.6) is 5.75 Å². The molecular weight excluding hydrogens is 362 g/mol. The summed E-state index contributed by atoms with van der Waals surface area (Å²) in [6, 6.07) is 13.6. The number of amides is 1. The Bertz CT molecular complexity index is 853. The number of ether oxygens (including phenoxy) is 1. The molecule has 2 aromatic carbocycles. The summed E-state index contributed by atoms with van der Waals surface area (Å²) in [7, 11) is -4.23. The van der Waals surface area contributed by atoms with Crippen molar-refractivity contribution in [1.82, 2.24) is 9.84 Å². The molecular formula is C16H17N3O4S2. The van der Waals surface area contributed by atoms with Crippen LogP contribution in [-0.4, -0.2) is 30.5 Å². The molecule has 0 atom stereocenters. The molecule has 0 saturated carbocycles. The first-order chi connectivity index (χ1) is 11.9. The molecule has 3 N–H and O–H groups in total. The van der Waals surface area contributed by atoms with Gasteiger partial charge >= 0.3 is 0 Å². The van der Waals surface area contributed by atoms with Gasteiger partial charge in [-0.1, -0.05) is 18.2 Å². The first-order valence-corrected chi connectivity index (χ1v) is 9.14. The molecule has 2 rings (SSSR count). The van der Waals surface area contributed by atoms with Gasteiger partial charge in [-0.05, 0) is 55.5 Å². The number of hydrogen-bond donors (Lipinski definition) is 2. The lowest BCUT2D eigenvalue weighted by Gasteiger charge is -2.23.